The van der Waals surface area contributed by atoms with Gasteiger partial charge in [-0.25, -0.2) is 9.97 Å². The Kier molecular flexibility index (Phi) is 3.07. The zero-order valence-corrected chi connectivity index (χ0v) is 12.2. The summed E-state index contributed by atoms with van der Waals surface area (Å²) >= 11 is 0. The highest BCUT2D eigenvalue weighted by molar-refractivity contribution is 5.79. The summed E-state index contributed by atoms with van der Waals surface area (Å²) in [7, 11) is 3.94. The SMILES string of the molecule is Cc1cc(C#N)ccc1N(C)c1cc2c(cn1)ncn2C. The second-order valence-electron chi connectivity index (χ2n) is 5.06. The summed E-state index contributed by atoms with van der Waals surface area (Å²) in [6.45, 7) is 2.00. The van der Waals surface area contributed by atoms with Gasteiger partial charge >= 0.3 is 0 Å². The summed E-state index contributed by atoms with van der Waals surface area (Å²) in [4.78, 5) is 10.8. The number of anilines is 2. The van der Waals surface area contributed by atoms with Crippen molar-refractivity contribution in [3.8, 4) is 6.07 Å². The molecular formula is C16H15N5. The number of imidazole rings is 1. The van der Waals surface area contributed by atoms with E-state index in [1.165, 1.54) is 0 Å². The Morgan fingerprint density at radius 1 is 1.24 bits per heavy atom. The first-order valence-corrected chi connectivity index (χ1v) is 6.61. The number of hydrogen-bond donors (Lipinski definition) is 0. The molecule has 0 saturated carbocycles. The van der Waals surface area contributed by atoms with Gasteiger partial charge in [0.2, 0.25) is 0 Å². The number of nitriles is 1. The zero-order valence-electron chi connectivity index (χ0n) is 12.2. The first-order valence-electron chi connectivity index (χ1n) is 6.61. The van der Waals surface area contributed by atoms with Crippen molar-refractivity contribution < 1.29 is 0 Å². The van der Waals surface area contributed by atoms with Crippen molar-refractivity contribution in [1.82, 2.24) is 14.5 Å². The van der Waals surface area contributed by atoms with Crippen LogP contribution in [0.25, 0.3) is 11.0 Å². The molecule has 0 aliphatic rings. The lowest BCUT2D eigenvalue weighted by Gasteiger charge is -2.20. The number of pyridine rings is 1. The Hall–Kier alpha value is -2.87. The van der Waals surface area contributed by atoms with E-state index in [-0.39, 0.29) is 0 Å². The Labute approximate surface area is 123 Å². The van der Waals surface area contributed by atoms with Crippen molar-refractivity contribution in [2.45, 2.75) is 6.92 Å². The minimum Gasteiger partial charge on any atom is -0.334 e. The van der Waals surface area contributed by atoms with E-state index in [2.05, 4.69) is 16.0 Å². The molecule has 0 aliphatic carbocycles. The Balaban J connectivity index is 2.05. The fourth-order valence-electron chi connectivity index (χ4n) is 2.43. The molecule has 104 valence electrons. The summed E-state index contributed by atoms with van der Waals surface area (Å²) < 4.78 is 1.97. The first-order chi connectivity index (χ1) is 10.1. The summed E-state index contributed by atoms with van der Waals surface area (Å²) in [5.74, 6) is 0.846. The molecule has 21 heavy (non-hydrogen) atoms. The number of nitrogens with zero attached hydrogens (tertiary/aromatic N) is 5. The summed E-state index contributed by atoms with van der Waals surface area (Å²) in [6, 6.07) is 9.82. The molecule has 0 fully saturated rings. The van der Waals surface area contributed by atoms with E-state index < -0.39 is 0 Å². The number of aryl methyl sites for hydroxylation is 2. The van der Waals surface area contributed by atoms with Crippen LogP contribution in [0.5, 0.6) is 0 Å². The van der Waals surface area contributed by atoms with Crippen LogP contribution in [-0.2, 0) is 7.05 Å². The molecule has 3 rings (SSSR count). The second-order valence-corrected chi connectivity index (χ2v) is 5.06. The number of hydrogen-bond acceptors (Lipinski definition) is 4. The maximum Gasteiger partial charge on any atom is 0.134 e. The van der Waals surface area contributed by atoms with Gasteiger partial charge < -0.3 is 9.47 Å². The molecule has 2 aromatic heterocycles. The molecule has 1 aromatic carbocycles. The van der Waals surface area contributed by atoms with Crippen LogP contribution >= 0.6 is 0 Å². The molecule has 0 aliphatic heterocycles. The minimum absolute atomic E-state index is 0.666. The number of aromatic nitrogens is 3. The number of fused-ring (bicyclic) bond motifs is 1. The fraction of sp³-hybridized carbons (Fsp3) is 0.188. The largest absolute Gasteiger partial charge is 0.334 e. The van der Waals surface area contributed by atoms with Gasteiger partial charge in [-0.1, -0.05) is 0 Å². The molecule has 0 amide bonds. The Bertz CT molecular complexity index is 857. The van der Waals surface area contributed by atoms with E-state index in [1.54, 1.807) is 12.5 Å². The van der Waals surface area contributed by atoms with Crippen LogP contribution in [0.2, 0.25) is 0 Å². The monoisotopic (exact) mass is 277 g/mol. The first kappa shape index (κ1) is 13.1. The lowest BCUT2D eigenvalue weighted by atomic mass is 10.1. The fourth-order valence-corrected chi connectivity index (χ4v) is 2.43. The Morgan fingerprint density at radius 3 is 2.76 bits per heavy atom. The van der Waals surface area contributed by atoms with Crippen molar-refractivity contribution in [2.24, 2.45) is 7.05 Å². The molecule has 0 bridgehead atoms. The van der Waals surface area contributed by atoms with E-state index in [4.69, 9.17) is 5.26 Å². The highest BCUT2D eigenvalue weighted by Crippen LogP contribution is 2.27. The predicted molar refractivity (Wildman–Crippen MR) is 82.5 cm³/mol. The van der Waals surface area contributed by atoms with Crippen LogP contribution in [0.3, 0.4) is 0 Å². The van der Waals surface area contributed by atoms with Gasteiger partial charge in [-0.15, -0.1) is 0 Å². The van der Waals surface area contributed by atoms with Gasteiger partial charge in [0, 0.05) is 25.8 Å². The van der Waals surface area contributed by atoms with Crippen LogP contribution < -0.4 is 4.90 Å². The molecule has 5 heteroatoms. The average molecular weight is 277 g/mol. The summed E-state index contributed by atoms with van der Waals surface area (Å²) in [6.07, 6.45) is 3.56. The topological polar surface area (TPSA) is 57.7 Å². The highest BCUT2D eigenvalue weighted by atomic mass is 15.2. The molecule has 0 unspecified atom stereocenters. The minimum atomic E-state index is 0.666. The van der Waals surface area contributed by atoms with Crippen molar-refractivity contribution in [3.63, 3.8) is 0 Å². The molecule has 0 saturated heterocycles. The van der Waals surface area contributed by atoms with Gasteiger partial charge in [0.15, 0.2) is 0 Å². The van der Waals surface area contributed by atoms with Gasteiger partial charge in [-0.2, -0.15) is 5.26 Å². The normalized spacial score (nSPS) is 10.6. The highest BCUT2D eigenvalue weighted by Gasteiger charge is 2.11. The summed E-state index contributed by atoms with van der Waals surface area (Å²) in [5.41, 5.74) is 4.66. The molecular weight excluding hydrogens is 262 g/mol. The smallest absolute Gasteiger partial charge is 0.134 e. The molecule has 0 radical (unpaired) electrons. The van der Waals surface area contributed by atoms with Crippen LogP contribution in [-0.4, -0.2) is 21.6 Å². The van der Waals surface area contributed by atoms with Crippen molar-refractivity contribution >= 4 is 22.5 Å². The van der Waals surface area contributed by atoms with E-state index in [0.717, 1.165) is 28.1 Å². The van der Waals surface area contributed by atoms with Gasteiger partial charge in [0.05, 0.1) is 29.7 Å². The van der Waals surface area contributed by atoms with Crippen molar-refractivity contribution in [2.75, 3.05) is 11.9 Å². The van der Waals surface area contributed by atoms with Gasteiger partial charge in [-0.3, -0.25) is 0 Å². The third-order valence-corrected chi connectivity index (χ3v) is 3.63. The zero-order chi connectivity index (χ0) is 15.0. The van der Waals surface area contributed by atoms with E-state index in [1.807, 2.05) is 54.8 Å². The molecule has 3 aromatic rings. The molecule has 5 nitrogen and oxygen atoms in total. The van der Waals surface area contributed by atoms with Crippen LogP contribution in [0.1, 0.15) is 11.1 Å². The summed E-state index contributed by atoms with van der Waals surface area (Å²) in [5, 5.41) is 8.95. The average Bonchev–Trinajstić information content (AvgIpc) is 2.87. The molecule has 0 atom stereocenters. The molecule has 0 N–H and O–H groups in total. The van der Waals surface area contributed by atoms with Crippen molar-refractivity contribution in [1.29, 1.82) is 5.26 Å². The van der Waals surface area contributed by atoms with Crippen LogP contribution in [0.15, 0.2) is 36.8 Å². The van der Waals surface area contributed by atoms with Crippen molar-refractivity contribution in [3.05, 3.63) is 47.9 Å². The quantitative estimate of drug-likeness (QED) is 0.722. The third kappa shape index (κ3) is 2.21. The van der Waals surface area contributed by atoms with Crippen LogP contribution in [0.4, 0.5) is 11.5 Å². The third-order valence-electron chi connectivity index (χ3n) is 3.63. The maximum absolute atomic E-state index is 8.95. The number of rotatable bonds is 2. The molecule has 2 heterocycles. The van der Waals surface area contributed by atoms with Gasteiger partial charge in [-0.05, 0) is 30.7 Å². The van der Waals surface area contributed by atoms with Crippen LogP contribution in [0, 0.1) is 18.3 Å². The van der Waals surface area contributed by atoms with Gasteiger partial charge in [0.25, 0.3) is 0 Å². The Morgan fingerprint density at radius 2 is 2.05 bits per heavy atom. The maximum atomic E-state index is 8.95. The second kappa shape index (κ2) is 4.91. The molecule has 0 spiro atoms. The predicted octanol–water partition coefficient (Wildman–Crippen LogP) is 2.92. The van der Waals surface area contributed by atoms with Gasteiger partial charge in [0.1, 0.15) is 11.3 Å². The van der Waals surface area contributed by atoms with E-state index >= 15 is 0 Å². The van der Waals surface area contributed by atoms with E-state index in [0.29, 0.717) is 5.56 Å². The number of benzene rings is 1. The lowest BCUT2D eigenvalue weighted by molar-refractivity contribution is 0.946. The van der Waals surface area contributed by atoms with E-state index in [9.17, 15) is 0 Å². The standard InChI is InChI=1S/C16H15N5/c1-11-6-12(8-17)4-5-14(11)21(3)16-7-15-13(9-18-16)19-10-20(15)2/h4-7,9-10H,1-3H3. The lowest BCUT2D eigenvalue weighted by Crippen LogP contribution is -2.12.